The number of likely N-dealkylation sites (N-methyl/N-ethyl adjacent to an activating group) is 1. The summed E-state index contributed by atoms with van der Waals surface area (Å²) in [5, 5.41) is 2.80. The number of hydrogen-bond donors (Lipinski definition) is 2. The second kappa shape index (κ2) is 9.52. The van der Waals surface area contributed by atoms with Gasteiger partial charge in [0.15, 0.2) is 5.96 Å². The highest BCUT2D eigenvalue weighted by atomic mass is 32.2. The van der Waals surface area contributed by atoms with Gasteiger partial charge in [0.2, 0.25) is 15.9 Å². The number of guanidine groups is 1. The molecule has 0 saturated carbocycles. The molecule has 2 atom stereocenters. The molecule has 2 unspecified atom stereocenters. The van der Waals surface area contributed by atoms with Gasteiger partial charge >= 0.3 is 0 Å². The molecule has 2 rings (SSSR count). The normalized spacial score (nSPS) is 24.1. The highest BCUT2D eigenvalue weighted by Gasteiger charge is 2.34. The van der Waals surface area contributed by atoms with E-state index in [1.807, 2.05) is 4.90 Å². The lowest BCUT2D eigenvalue weighted by atomic mass is 10.2. The van der Waals surface area contributed by atoms with E-state index in [2.05, 4.69) is 15.0 Å². The van der Waals surface area contributed by atoms with Gasteiger partial charge in [-0.1, -0.05) is 6.92 Å². The molecular weight excluding hydrogens is 358 g/mol. The second-order valence-corrected chi connectivity index (χ2v) is 8.89. The van der Waals surface area contributed by atoms with Crippen LogP contribution >= 0.6 is 0 Å². The summed E-state index contributed by atoms with van der Waals surface area (Å²) >= 11 is 0. The fourth-order valence-corrected chi connectivity index (χ4v) is 4.48. The van der Waals surface area contributed by atoms with Gasteiger partial charge in [0, 0.05) is 46.9 Å². The smallest absolute Gasteiger partial charge is 0.243 e. The Balaban J connectivity index is 2.02. The third-order valence-corrected chi connectivity index (χ3v) is 6.56. The number of rotatable bonds is 7. The molecule has 0 spiro atoms. The second-order valence-electron chi connectivity index (χ2n) is 6.84. The zero-order valence-electron chi connectivity index (χ0n) is 15.9. The molecule has 0 aliphatic carbocycles. The van der Waals surface area contributed by atoms with Crippen molar-refractivity contribution in [2.45, 2.75) is 37.5 Å². The third kappa shape index (κ3) is 5.82. The van der Waals surface area contributed by atoms with Crippen LogP contribution in [0.4, 0.5) is 0 Å². The van der Waals surface area contributed by atoms with Gasteiger partial charge in [0.25, 0.3) is 0 Å². The van der Waals surface area contributed by atoms with Gasteiger partial charge in [-0.25, -0.2) is 18.1 Å². The third-order valence-electron chi connectivity index (χ3n) is 4.60. The van der Waals surface area contributed by atoms with E-state index in [-0.39, 0.29) is 18.6 Å². The SMILES string of the molecule is CCNS(=O)(=O)C1CCN(C(=NCC(=O)N(C)C)NCC2CCCO2)C1. The number of hydrogen-bond acceptors (Lipinski definition) is 5. The molecular formula is C16H31N5O4S. The van der Waals surface area contributed by atoms with Crippen molar-refractivity contribution in [1.82, 2.24) is 19.8 Å². The molecule has 2 aliphatic heterocycles. The molecule has 2 saturated heterocycles. The van der Waals surface area contributed by atoms with Crippen molar-refractivity contribution in [3.63, 3.8) is 0 Å². The maximum absolute atomic E-state index is 12.2. The van der Waals surface area contributed by atoms with Gasteiger partial charge < -0.3 is 19.9 Å². The largest absolute Gasteiger partial charge is 0.376 e. The molecule has 0 aromatic carbocycles. The van der Waals surface area contributed by atoms with Crippen LogP contribution in [0, 0.1) is 0 Å². The van der Waals surface area contributed by atoms with Crippen LogP contribution in [-0.4, -0.2) is 94.9 Å². The fourth-order valence-electron chi connectivity index (χ4n) is 3.05. The standard InChI is InChI=1S/C16H31N5O4S/c1-4-19-26(23,24)14-7-8-21(12-14)16(18-11-15(22)20(2)3)17-10-13-6-5-9-25-13/h13-14,19H,4-12H2,1-3H3,(H,17,18). The van der Waals surface area contributed by atoms with E-state index >= 15 is 0 Å². The summed E-state index contributed by atoms with van der Waals surface area (Å²) in [7, 11) is 0.0473. The number of ether oxygens (including phenoxy) is 1. The van der Waals surface area contributed by atoms with Crippen molar-refractivity contribution >= 4 is 21.9 Å². The van der Waals surface area contributed by atoms with Crippen molar-refractivity contribution in [3.05, 3.63) is 0 Å². The number of carbonyl (C=O) groups is 1. The van der Waals surface area contributed by atoms with E-state index < -0.39 is 15.3 Å². The lowest BCUT2D eigenvalue weighted by Gasteiger charge is -2.23. The van der Waals surface area contributed by atoms with Gasteiger partial charge in [-0.15, -0.1) is 0 Å². The van der Waals surface area contributed by atoms with Gasteiger partial charge in [-0.2, -0.15) is 0 Å². The van der Waals surface area contributed by atoms with Crippen LogP contribution in [0.2, 0.25) is 0 Å². The number of amides is 1. The molecule has 26 heavy (non-hydrogen) atoms. The summed E-state index contributed by atoms with van der Waals surface area (Å²) in [4.78, 5) is 19.7. The van der Waals surface area contributed by atoms with E-state index in [9.17, 15) is 13.2 Å². The van der Waals surface area contributed by atoms with Crippen LogP contribution in [0.1, 0.15) is 26.2 Å². The number of carbonyl (C=O) groups excluding carboxylic acids is 1. The minimum absolute atomic E-state index is 0.0297. The summed E-state index contributed by atoms with van der Waals surface area (Å²) in [6.45, 7) is 4.51. The Kier molecular flexibility index (Phi) is 7.66. The molecule has 0 aromatic heterocycles. The Morgan fingerprint density at radius 2 is 2.12 bits per heavy atom. The first-order valence-corrected chi connectivity index (χ1v) is 10.7. The number of aliphatic imine (C=N–C) groups is 1. The Bertz CT molecular complexity index is 602. The first kappa shape index (κ1) is 20.9. The highest BCUT2D eigenvalue weighted by molar-refractivity contribution is 7.90. The molecule has 2 aliphatic rings. The van der Waals surface area contributed by atoms with Crippen molar-refractivity contribution in [2.75, 3.05) is 53.4 Å². The molecule has 9 nitrogen and oxygen atoms in total. The van der Waals surface area contributed by atoms with Gasteiger partial charge in [-0.3, -0.25) is 4.79 Å². The Morgan fingerprint density at radius 3 is 2.73 bits per heavy atom. The Labute approximate surface area is 156 Å². The summed E-state index contributed by atoms with van der Waals surface area (Å²) in [6.07, 6.45) is 2.71. The Morgan fingerprint density at radius 1 is 1.35 bits per heavy atom. The topological polar surface area (TPSA) is 103 Å². The van der Waals surface area contributed by atoms with Gasteiger partial charge in [-0.05, 0) is 19.3 Å². The van der Waals surface area contributed by atoms with Crippen molar-refractivity contribution < 1.29 is 17.9 Å². The van der Waals surface area contributed by atoms with E-state index in [1.165, 1.54) is 4.90 Å². The average molecular weight is 390 g/mol. The fraction of sp³-hybridized carbons (Fsp3) is 0.875. The van der Waals surface area contributed by atoms with Crippen LogP contribution in [0.5, 0.6) is 0 Å². The minimum atomic E-state index is -3.33. The summed E-state index contributed by atoms with van der Waals surface area (Å²) in [6, 6.07) is 0. The minimum Gasteiger partial charge on any atom is -0.376 e. The number of nitrogens with zero attached hydrogens (tertiary/aromatic N) is 3. The zero-order valence-corrected chi connectivity index (χ0v) is 16.7. The average Bonchev–Trinajstić information content (AvgIpc) is 3.26. The summed E-state index contributed by atoms with van der Waals surface area (Å²) in [5.41, 5.74) is 0. The van der Waals surface area contributed by atoms with E-state index in [4.69, 9.17) is 4.74 Å². The molecule has 150 valence electrons. The van der Waals surface area contributed by atoms with Crippen LogP contribution in [0.15, 0.2) is 4.99 Å². The Hall–Kier alpha value is -1.39. The molecule has 0 aromatic rings. The number of likely N-dealkylation sites (tertiary alicyclic amines) is 1. The first-order valence-electron chi connectivity index (χ1n) is 9.17. The highest BCUT2D eigenvalue weighted by Crippen LogP contribution is 2.17. The molecule has 0 bridgehead atoms. The number of nitrogens with one attached hydrogen (secondary N) is 2. The maximum atomic E-state index is 12.2. The molecule has 0 radical (unpaired) electrons. The van der Waals surface area contributed by atoms with Crippen molar-refractivity contribution in [1.29, 1.82) is 0 Å². The summed E-state index contributed by atoms with van der Waals surface area (Å²) < 4.78 is 32.7. The molecule has 1 amide bonds. The molecule has 2 heterocycles. The van der Waals surface area contributed by atoms with Gasteiger partial charge in [0.05, 0.1) is 11.4 Å². The number of sulfonamides is 1. The van der Waals surface area contributed by atoms with Gasteiger partial charge in [0.1, 0.15) is 6.54 Å². The predicted octanol–water partition coefficient (Wildman–Crippen LogP) is -0.787. The van der Waals surface area contributed by atoms with E-state index in [0.717, 1.165) is 19.4 Å². The predicted molar refractivity (Wildman–Crippen MR) is 101 cm³/mol. The van der Waals surface area contributed by atoms with Crippen molar-refractivity contribution in [2.24, 2.45) is 4.99 Å². The van der Waals surface area contributed by atoms with E-state index in [0.29, 0.717) is 38.6 Å². The molecule has 2 N–H and O–H groups in total. The van der Waals surface area contributed by atoms with Crippen LogP contribution < -0.4 is 10.0 Å². The quantitative estimate of drug-likeness (QED) is 0.437. The first-order chi connectivity index (χ1) is 12.3. The van der Waals surface area contributed by atoms with Crippen molar-refractivity contribution in [3.8, 4) is 0 Å². The van der Waals surface area contributed by atoms with Crippen LogP contribution in [-0.2, 0) is 19.6 Å². The summed E-state index contributed by atoms with van der Waals surface area (Å²) in [5.74, 6) is 0.474. The lowest BCUT2D eigenvalue weighted by Crippen LogP contribution is -2.45. The molecule has 2 fully saturated rings. The van der Waals surface area contributed by atoms with Crippen LogP contribution in [0.3, 0.4) is 0 Å². The molecule has 10 heteroatoms. The zero-order chi connectivity index (χ0) is 19.2. The van der Waals surface area contributed by atoms with E-state index in [1.54, 1.807) is 21.0 Å². The lowest BCUT2D eigenvalue weighted by molar-refractivity contribution is -0.127. The maximum Gasteiger partial charge on any atom is 0.243 e. The van der Waals surface area contributed by atoms with Crippen LogP contribution in [0.25, 0.3) is 0 Å². The monoisotopic (exact) mass is 389 g/mol.